The van der Waals surface area contributed by atoms with E-state index in [1.807, 2.05) is 0 Å². The van der Waals surface area contributed by atoms with Gasteiger partial charge in [0.1, 0.15) is 0 Å². The van der Waals surface area contributed by atoms with Gasteiger partial charge in [0.05, 0.1) is 13.7 Å². The molecule has 0 spiro atoms. The number of amides is 2. The summed E-state index contributed by atoms with van der Waals surface area (Å²) in [7, 11) is 1.36. The van der Waals surface area contributed by atoms with Gasteiger partial charge in [-0.3, -0.25) is 14.4 Å². The summed E-state index contributed by atoms with van der Waals surface area (Å²) in [5.41, 5.74) is 0.410. The number of carbonyl (C=O) groups is 3. The molecule has 7 heteroatoms. The molecular formula is C16H21ClN2O4. The largest absolute Gasteiger partial charge is 0.469 e. The van der Waals surface area contributed by atoms with Gasteiger partial charge in [-0.15, -0.1) is 0 Å². The fraction of sp³-hybridized carbons (Fsp3) is 0.438. The molecule has 2 N–H and O–H groups in total. The minimum Gasteiger partial charge on any atom is -0.469 e. The first-order chi connectivity index (χ1) is 11.0. The first-order valence-corrected chi connectivity index (χ1v) is 7.78. The van der Waals surface area contributed by atoms with Crippen molar-refractivity contribution in [2.75, 3.05) is 20.2 Å². The molecule has 1 aromatic rings. The van der Waals surface area contributed by atoms with Crippen molar-refractivity contribution in [1.82, 2.24) is 10.6 Å². The molecule has 0 aliphatic carbocycles. The molecule has 0 aliphatic heterocycles. The fourth-order valence-electron chi connectivity index (χ4n) is 1.86. The summed E-state index contributed by atoms with van der Waals surface area (Å²) < 4.78 is 4.54. The maximum absolute atomic E-state index is 11.8. The maximum Gasteiger partial charge on any atom is 0.305 e. The van der Waals surface area contributed by atoms with Crippen LogP contribution in [0.2, 0.25) is 5.02 Å². The van der Waals surface area contributed by atoms with Crippen LogP contribution in [0.15, 0.2) is 24.3 Å². The van der Waals surface area contributed by atoms with Gasteiger partial charge in [0, 0.05) is 23.6 Å². The second-order valence-corrected chi connectivity index (χ2v) is 5.37. The number of halogens is 1. The van der Waals surface area contributed by atoms with Crippen molar-refractivity contribution in [1.29, 1.82) is 0 Å². The monoisotopic (exact) mass is 340 g/mol. The molecule has 0 aromatic heterocycles. The van der Waals surface area contributed by atoms with Crippen LogP contribution in [-0.4, -0.2) is 38.0 Å². The first-order valence-electron chi connectivity index (χ1n) is 7.40. The van der Waals surface area contributed by atoms with Gasteiger partial charge < -0.3 is 15.4 Å². The zero-order chi connectivity index (χ0) is 17.1. The van der Waals surface area contributed by atoms with Crippen LogP contribution in [0.1, 0.15) is 36.0 Å². The number of esters is 1. The van der Waals surface area contributed by atoms with Gasteiger partial charge in [-0.05, 0) is 31.0 Å². The van der Waals surface area contributed by atoms with E-state index in [0.29, 0.717) is 23.6 Å². The Bertz CT molecular complexity index is 549. The van der Waals surface area contributed by atoms with E-state index in [2.05, 4.69) is 15.4 Å². The number of benzene rings is 1. The quantitative estimate of drug-likeness (QED) is 0.531. The summed E-state index contributed by atoms with van der Waals surface area (Å²) in [4.78, 5) is 34.3. The number of hydrogen-bond donors (Lipinski definition) is 2. The fourth-order valence-corrected chi connectivity index (χ4v) is 2.05. The van der Waals surface area contributed by atoms with Gasteiger partial charge in [0.15, 0.2) is 0 Å². The third-order valence-electron chi connectivity index (χ3n) is 3.10. The number of unbranched alkanes of at least 4 members (excludes halogenated alkanes) is 2. The van der Waals surface area contributed by atoms with Gasteiger partial charge in [-0.2, -0.15) is 0 Å². The zero-order valence-electron chi connectivity index (χ0n) is 13.1. The van der Waals surface area contributed by atoms with Gasteiger partial charge in [-0.1, -0.05) is 24.1 Å². The Labute approximate surface area is 140 Å². The highest BCUT2D eigenvalue weighted by molar-refractivity contribution is 6.30. The van der Waals surface area contributed by atoms with Crippen LogP contribution in [0.5, 0.6) is 0 Å². The molecular weight excluding hydrogens is 320 g/mol. The van der Waals surface area contributed by atoms with Crippen molar-refractivity contribution < 1.29 is 19.1 Å². The molecule has 1 aromatic carbocycles. The topological polar surface area (TPSA) is 84.5 Å². The number of nitrogens with one attached hydrogen (secondary N) is 2. The van der Waals surface area contributed by atoms with Crippen molar-refractivity contribution in [3.05, 3.63) is 34.9 Å². The summed E-state index contributed by atoms with van der Waals surface area (Å²) in [5, 5.41) is 5.70. The summed E-state index contributed by atoms with van der Waals surface area (Å²) in [6, 6.07) is 6.51. The van der Waals surface area contributed by atoms with E-state index >= 15 is 0 Å². The first kappa shape index (κ1) is 19.0. The highest BCUT2D eigenvalue weighted by atomic mass is 35.5. The van der Waals surface area contributed by atoms with E-state index in [1.165, 1.54) is 13.2 Å². The Morgan fingerprint density at radius 1 is 1.13 bits per heavy atom. The molecule has 0 saturated carbocycles. The van der Waals surface area contributed by atoms with Crippen LogP contribution >= 0.6 is 11.6 Å². The molecule has 0 bridgehead atoms. The van der Waals surface area contributed by atoms with Crippen LogP contribution < -0.4 is 10.6 Å². The average Bonchev–Trinajstić information content (AvgIpc) is 2.55. The standard InChI is InChI=1S/C16H21ClN2O4/c1-23-15(21)8-3-2-4-9-18-14(20)11-19-16(22)12-6-5-7-13(17)10-12/h5-7,10H,2-4,8-9,11H2,1H3,(H,18,20)(H,19,22). The summed E-state index contributed by atoms with van der Waals surface area (Å²) >= 11 is 5.80. The van der Waals surface area contributed by atoms with Gasteiger partial charge in [-0.25, -0.2) is 0 Å². The predicted octanol–water partition coefficient (Wildman–Crippen LogP) is 1.92. The number of rotatable bonds is 9. The molecule has 0 saturated heterocycles. The van der Waals surface area contributed by atoms with Gasteiger partial charge in [0.25, 0.3) is 5.91 Å². The molecule has 2 amide bonds. The summed E-state index contributed by atoms with van der Waals surface area (Å²) in [5.74, 6) is -0.827. The van der Waals surface area contributed by atoms with E-state index in [-0.39, 0.29) is 24.3 Å². The lowest BCUT2D eigenvalue weighted by Crippen LogP contribution is -2.37. The molecule has 0 radical (unpaired) electrons. The van der Waals surface area contributed by atoms with Crippen molar-refractivity contribution >= 4 is 29.4 Å². The SMILES string of the molecule is COC(=O)CCCCCNC(=O)CNC(=O)c1cccc(Cl)c1. The molecule has 0 atom stereocenters. The molecule has 0 aliphatic rings. The molecule has 0 heterocycles. The number of hydrogen-bond acceptors (Lipinski definition) is 4. The van der Waals surface area contributed by atoms with Crippen LogP contribution in [0.4, 0.5) is 0 Å². The van der Waals surface area contributed by atoms with Crippen LogP contribution in [0, 0.1) is 0 Å². The Balaban J connectivity index is 2.12. The van der Waals surface area contributed by atoms with E-state index < -0.39 is 0 Å². The minimum absolute atomic E-state index is 0.0898. The minimum atomic E-state index is -0.347. The Morgan fingerprint density at radius 3 is 2.61 bits per heavy atom. The normalized spacial score (nSPS) is 10.0. The Kier molecular flexibility index (Phi) is 8.75. The second-order valence-electron chi connectivity index (χ2n) is 4.93. The molecule has 6 nitrogen and oxygen atoms in total. The molecule has 1 rings (SSSR count). The summed E-state index contributed by atoms with van der Waals surface area (Å²) in [6.07, 6.45) is 2.71. The molecule has 0 unspecified atom stereocenters. The van der Waals surface area contributed by atoms with Crippen molar-refractivity contribution in [2.45, 2.75) is 25.7 Å². The number of ether oxygens (including phenoxy) is 1. The Hall–Kier alpha value is -2.08. The third-order valence-corrected chi connectivity index (χ3v) is 3.34. The Morgan fingerprint density at radius 2 is 1.91 bits per heavy atom. The lowest BCUT2D eigenvalue weighted by molar-refractivity contribution is -0.140. The highest BCUT2D eigenvalue weighted by Gasteiger charge is 2.08. The van der Waals surface area contributed by atoms with Crippen LogP contribution in [-0.2, 0) is 14.3 Å². The third kappa shape index (κ3) is 8.21. The van der Waals surface area contributed by atoms with Crippen molar-refractivity contribution in [3.8, 4) is 0 Å². The van der Waals surface area contributed by atoms with Crippen molar-refractivity contribution in [2.24, 2.45) is 0 Å². The van der Waals surface area contributed by atoms with E-state index in [9.17, 15) is 14.4 Å². The van der Waals surface area contributed by atoms with E-state index in [0.717, 1.165) is 19.3 Å². The lowest BCUT2D eigenvalue weighted by atomic mass is 10.2. The molecule has 23 heavy (non-hydrogen) atoms. The molecule has 126 valence electrons. The van der Waals surface area contributed by atoms with Gasteiger partial charge >= 0.3 is 5.97 Å². The smallest absolute Gasteiger partial charge is 0.305 e. The van der Waals surface area contributed by atoms with Crippen LogP contribution in [0.25, 0.3) is 0 Å². The van der Waals surface area contributed by atoms with Gasteiger partial charge in [0.2, 0.25) is 5.91 Å². The maximum atomic E-state index is 11.8. The molecule has 0 fully saturated rings. The second kappa shape index (κ2) is 10.6. The number of carbonyl (C=O) groups excluding carboxylic acids is 3. The predicted molar refractivity (Wildman–Crippen MR) is 87.3 cm³/mol. The summed E-state index contributed by atoms with van der Waals surface area (Å²) in [6.45, 7) is 0.417. The zero-order valence-corrected chi connectivity index (χ0v) is 13.8. The average molecular weight is 341 g/mol. The van der Waals surface area contributed by atoms with Crippen molar-refractivity contribution in [3.63, 3.8) is 0 Å². The highest BCUT2D eigenvalue weighted by Crippen LogP contribution is 2.10. The number of methoxy groups -OCH3 is 1. The lowest BCUT2D eigenvalue weighted by Gasteiger charge is -2.07. The van der Waals surface area contributed by atoms with E-state index in [4.69, 9.17) is 11.6 Å². The van der Waals surface area contributed by atoms with Crippen LogP contribution in [0.3, 0.4) is 0 Å². The van der Waals surface area contributed by atoms with E-state index in [1.54, 1.807) is 18.2 Å².